The summed E-state index contributed by atoms with van der Waals surface area (Å²) >= 11 is 0. The van der Waals surface area contributed by atoms with Gasteiger partial charge in [-0.25, -0.2) is 4.79 Å². The normalized spacial score (nSPS) is 9.89. The van der Waals surface area contributed by atoms with Crippen LogP contribution in [0.1, 0.15) is 40.5 Å². The van der Waals surface area contributed by atoms with E-state index in [1.807, 2.05) is 6.92 Å². The summed E-state index contributed by atoms with van der Waals surface area (Å²) in [7, 11) is 1.52. The summed E-state index contributed by atoms with van der Waals surface area (Å²) in [6, 6.07) is 4.67. The number of carbonyl (C=O) groups excluding carboxylic acids is 1. The maximum atomic E-state index is 11.7. The Morgan fingerprint density at radius 2 is 1.94 bits per heavy atom. The van der Waals surface area contributed by atoms with Gasteiger partial charge < -0.3 is 15.7 Å². The van der Waals surface area contributed by atoms with Crippen LogP contribution >= 0.6 is 0 Å². The van der Waals surface area contributed by atoms with Crippen LogP contribution in [0.2, 0.25) is 0 Å². The summed E-state index contributed by atoms with van der Waals surface area (Å²) < 4.78 is 0. The zero-order chi connectivity index (χ0) is 13.5. The number of para-hydroxylation sites is 1. The minimum Gasteiger partial charge on any atom is -0.478 e. The van der Waals surface area contributed by atoms with E-state index >= 15 is 0 Å². The average Bonchev–Trinajstić information content (AvgIpc) is 2.38. The van der Waals surface area contributed by atoms with E-state index in [1.165, 1.54) is 13.1 Å². The van der Waals surface area contributed by atoms with Crippen molar-refractivity contribution in [1.82, 2.24) is 5.32 Å². The van der Waals surface area contributed by atoms with Gasteiger partial charge >= 0.3 is 5.97 Å². The molecule has 0 saturated carbocycles. The molecule has 0 saturated heterocycles. The smallest absolute Gasteiger partial charge is 0.337 e. The Balaban J connectivity index is 3.12. The number of benzene rings is 1. The number of aromatic carboxylic acids is 1. The van der Waals surface area contributed by atoms with Crippen LogP contribution in [0.4, 0.5) is 5.69 Å². The summed E-state index contributed by atoms with van der Waals surface area (Å²) in [6.45, 7) is 2.69. The Hall–Kier alpha value is -2.04. The second kappa shape index (κ2) is 6.64. The molecule has 5 nitrogen and oxygen atoms in total. The number of hydrogen-bond donors (Lipinski definition) is 3. The number of amides is 1. The van der Waals surface area contributed by atoms with Crippen molar-refractivity contribution in [2.45, 2.75) is 19.8 Å². The molecule has 0 aromatic heterocycles. The zero-order valence-corrected chi connectivity index (χ0v) is 10.6. The second-order valence-corrected chi connectivity index (χ2v) is 3.89. The number of anilines is 1. The van der Waals surface area contributed by atoms with Gasteiger partial charge in [0.25, 0.3) is 5.91 Å². The first-order valence-electron chi connectivity index (χ1n) is 5.94. The van der Waals surface area contributed by atoms with Crippen LogP contribution in [0.3, 0.4) is 0 Å². The highest BCUT2D eigenvalue weighted by Crippen LogP contribution is 2.21. The lowest BCUT2D eigenvalue weighted by Gasteiger charge is -2.13. The molecule has 0 atom stereocenters. The molecule has 0 fully saturated rings. The molecule has 0 spiro atoms. The Labute approximate surface area is 106 Å². The number of carboxylic acid groups (broad SMARTS) is 1. The molecule has 98 valence electrons. The Morgan fingerprint density at radius 3 is 2.50 bits per heavy atom. The van der Waals surface area contributed by atoms with Gasteiger partial charge in [-0.3, -0.25) is 4.79 Å². The molecule has 0 bridgehead atoms. The molecule has 1 amide bonds. The Kier molecular flexibility index (Phi) is 5.17. The molecule has 1 rings (SSSR count). The molecular formula is C13H18N2O3. The first-order valence-corrected chi connectivity index (χ1v) is 5.94. The van der Waals surface area contributed by atoms with E-state index in [0.29, 0.717) is 17.8 Å². The second-order valence-electron chi connectivity index (χ2n) is 3.89. The minimum absolute atomic E-state index is 0.118. The van der Waals surface area contributed by atoms with E-state index in [2.05, 4.69) is 10.6 Å². The van der Waals surface area contributed by atoms with Crippen LogP contribution in [0.15, 0.2) is 18.2 Å². The third kappa shape index (κ3) is 3.23. The third-order valence-corrected chi connectivity index (χ3v) is 2.60. The van der Waals surface area contributed by atoms with Gasteiger partial charge in [0, 0.05) is 13.6 Å². The number of carbonyl (C=O) groups is 2. The van der Waals surface area contributed by atoms with Gasteiger partial charge in [0.15, 0.2) is 0 Å². The highest BCUT2D eigenvalue weighted by molar-refractivity contribution is 6.05. The lowest BCUT2D eigenvalue weighted by atomic mass is 10.1. The van der Waals surface area contributed by atoms with Crippen molar-refractivity contribution in [3.8, 4) is 0 Å². The summed E-state index contributed by atoms with van der Waals surface area (Å²) in [5.41, 5.74) is 0.860. The molecule has 0 aliphatic carbocycles. The molecule has 0 aliphatic heterocycles. The molecule has 0 heterocycles. The topological polar surface area (TPSA) is 78.4 Å². The molecule has 0 unspecified atom stereocenters. The van der Waals surface area contributed by atoms with Gasteiger partial charge in [0.2, 0.25) is 0 Å². The van der Waals surface area contributed by atoms with Crippen LogP contribution in [0.5, 0.6) is 0 Å². The summed E-state index contributed by atoms with van der Waals surface area (Å²) in [6.07, 6.45) is 1.92. The van der Waals surface area contributed by atoms with Crippen LogP contribution in [-0.2, 0) is 0 Å². The van der Waals surface area contributed by atoms with Crippen molar-refractivity contribution in [3.05, 3.63) is 29.3 Å². The van der Waals surface area contributed by atoms with Gasteiger partial charge in [-0.05, 0) is 18.6 Å². The molecular weight excluding hydrogens is 232 g/mol. The average molecular weight is 250 g/mol. The van der Waals surface area contributed by atoms with Gasteiger partial charge in [-0.15, -0.1) is 0 Å². The van der Waals surface area contributed by atoms with Crippen molar-refractivity contribution >= 4 is 17.6 Å². The van der Waals surface area contributed by atoms with Gasteiger partial charge in [-0.1, -0.05) is 19.4 Å². The minimum atomic E-state index is -1.04. The fourth-order valence-electron chi connectivity index (χ4n) is 1.64. The van der Waals surface area contributed by atoms with E-state index in [-0.39, 0.29) is 11.5 Å². The fraction of sp³-hybridized carbons (Fsp3) is 0.385. The van der Waals surface area contributed by atoms with Gasteiger partial charge in [0.05, 0.1) is 16.8 Å². The van der Waals surface area contributed by atoms with E-state index in [0.717, 1.165) is 12.8 Å². The maximum Gasteiger partial charge on any atom is 0.337 e. The first-order chi connectivity index (χ1) is 8.61. The molecule has 3 N–H and O–H groups in total. The number of carboxylic acids is 1. The van der Waals surface area contributed by atoms with Crippen LogP contribution in [-0.4, -0.2) is 30.6 Å². The predicted octanol–water partition coefficient (Wildman–Crippen LogP) is 1.96. The van der Waals surface area contributed by atoms with Gasteiger partial charge in [-0.2, -0.15) is 0 Å². The van der Waals surface area contributed by atoms with E-state index in [9.17, 15) is 9.59 Å². The van der Waals surface area contributed by atoms with E-state index < -0.39 is 5.97 Å². The molecule has 1 aromatic carbocycles. The number of nitrogens with one attached hydrogen (secondary N) is 2. The molecule has 18 heavy (non-hydrogen) atoms. The summed E-state index contributed by atoms with van der Waals surface area (Å²) in [4.78, 5) is 22.8. The summed E-state index contributed by atoms with van der Waals surface area (Å²) in [5, 5.41) is 14.7. The van der Waals surface area contributed by atoms with Crippen LogP contribution < -0.4 is 10.6 Å². The highest BCUT2D eigenvalue weighted by Gasteiger charge is 2.17. The number of hydrogen-bond acceptors (Lipinski definition) is 3. The van der Waals surface area contributed by atoms with E-state index in [1.54, 1.807) is 12.1 Å². The van der Waals surface area contributed by atoms with Crippen molar-refractivity contribution < 1.29 is 14.7 Å². The lowest BCUT2D eigenvalue weighted by Crippen LogP contribution is -2.21. The monoisotopic (exact) mass is 250 g/mol. The van der Waals surface area contributed by atoms with Crippen molar-refractivity contribution in [3.63, 3.8) is 0 Å². The quantitative estimate of drug-likeness (QED) is 0.674. The molecule has 0 radical (unpaired) electrons. The Morgan fingerprint density at radius 1 is 1.28 bits per heavy atom. The molecule has 0 aliphatic rings. The lowest BCUT2D eigenvalue weighted by molar-refractivity contribution is 0.0698. The fourth-order valence-corrected chi connectivity index (χ4v) is 1.64. The van der Waals surface area contributed by atoms with Crippen LogP contribution in [0, 0.1) is 0 Å². The number of rotatable bonds is 6. The molecule has 5 heteroatoms. The molecule has 1 aromatic rings. The Bertz CT molecular complexity index is 444. The predicted molar refractivity (Wildman–Crippen MR) is 70.2 cm³/mol. The number of unbranched alkanes of at least 4 members (excludes halogenated alkanes) is 1. The van der Waals surface area contributed by atoms with Crippen molar-refractivity contribution in [1.29, 1.82) is 0 Å². The first kappa shape index (κ1) is 14.0. The van der Waals surface area contributed by atoms with Gasteiger partial charge in [0.1, 0.15) is 0 Å². The van der Waals surface area contributed by atoms with Crippen molar-refractivity contribution in [2.24, 2.45) is 0 Å². The van der Waals surface area contributed by atoms with E-state index in [4.69, 9.17) is 5.11 Å². The maximum absolute atomic E-state index is 11.7. The third-order valence-electron chi connectivity index (χ3n) is 2.60. The zero-order valence-electron chi connectivity index (χ0n) is 10.6. The standard InChI is InChI=1S/C13H18N2O3/c1-3-4-8-15-11-9(12(16)14-2)6-5-7-10(11)13(17)18/h5-7,15H,3-4,8H2,1-2H3,(H,14,16)(H,17,18). The SMILES string of the molecule is CCCCNc1c(C(=O)O)cccc1C(=O)NC. The summed E-state index contributed by atoms with van der Waals surface area (Å²) in [5.74, 6) is -1.34. The van der Waals surface area contributed by atoms with Crippen LogP contribution in [0.25, 0.3) is 0 Å². The largest absolute Gasteiger partial charge is 0.478 e. The van der Waals surface area contributed by atoms with Crippen molar-refractivity contribution in [2.75, 3.05) is 18.9 Å². The highest BCUT2D eigenvalue weighted by atomic mass is 16.4.